The Hall–Kier alpha value is -3.60. The summed E-state index contributed by atoms with van der Waals surface area (Å²) in [6.07, 6.45) is 10.8. The highest BCUT2D eigenvalue weighted by atomic mass is 16.4. The summed E-state index contributed by atoms with van der Waals surface area (Å²) in [7, 11) is 0. The van der Waals surface area contributed by atoms with Crippen LogP contribution in [0.15, 0.2) is 77.8 Å². The van der Waals surface area contributed by atoms with Crippen molar-refractivity contribution in [3.05, 3.63) is 89.5 Å². The minimum absolute atomic E-state index is 0.0880. The average Bonchev–Trinajstić information content (AvgIpc) is 2.81. The zero-order valence-electron chi connectivity index (χ0n) is 19.2. The zero-order valence-corrected chi connectivity index (χ0v) is 19.2. The summed E-state index contributed by atoms with van der Waals surface area (Å²) >= 11 is 0. The van der Waals surface area contributed by atoms with Crippen LogP contribution in [0.5, 0.6) is 11.5 Å². The standard InChI is InChI=1S/C22H27NO2.C6H6O2/c1-2-3-4-5-6-7-8-18-11-15-21(16-12-18)23-17-19-9-13-20(14-10-19)22(24)25;7-5-2-1-3-6(8)4-5/h9-17H,2-8H2,1H3,(H,24,25);1-4,7-8H. The first-order valence-electron chi connectivity index (χ1n) is 11.4. The molecule has 3 rings (SSSR count). The Morgan fingerprint density at radius 2 is 1.42 bits per heavy atom. The van der Waals surface area contributed by atoms with Crippen molar-refractivity contribution >= 4 is 17.9 Å². The molecular formula is C28H33NO4. The minimum Gasteiger partial charge on any atom is -0.508 e. The number of aromatic carboxylic acids is 1. The van der Waals surface area contributed by atoms with Crippen LogP contribution in [0.2, 0.25) is 0 Å². The van der Waals surface area contributed by atoms with E-state index in [4.69, 9.17) is 15.3 Å². The third kappa shape index (κ3) is 10.5. The molecule has 0 aliphatic rings. The van der Waals surface area contributed by atoms with Gasteiger partial charge in [0.1, 0.15) is 11.5 Å². The molecule has 174 valence electrons. The minimum atomic E-state index is -0.913. The summed E-state index contributed by atoms with van der Waals surface area (Å²) < 4.78 is 0. The summed E-state index contributed by atoms with van der Waals surface area (Å²) in [5.74, 6) is -0.737. The van der Waals surface area contributed by atoms with Gasteiger partial charge in [-0.1, -0.05) is 69.4 Å². The lowest BCUT2D eigenvalue weighted by Crippen LogP contribution is -1.95. The average molecular weight is 448 g/mol. The molecule has 0 aromatic heterocycles. The van der Waals surface area contributed by atoms with Crippen LogP contribution in [-0.2, 0) is 6.42 Å². The predicted molar refractivity (Wildman–Crippen MR) is 134 cm³/mol. The second-order valence-electron chi connectivity index (χ2n) is 7.89. The van der Waals surface area contributed by atoms with Crippen molar-refractivity contribution in [3.63, 3.8) is 0 Å². The molecule has 0 aliphatic heterocycles. The quantitative estimate of drug-likeness (QED) is 0.228. The van der Waals surface area contributed by atoms with Crippen molar-refractivity contribution in [3.8, 4) is 11.5 Å². The van der Waals surface area contributed by atoms with Crippen LogP contribution in [-0.4, -0.2) is 27.5 Å². The zero-order chi connectivity index (χ0) is 23.9. The first-order valence-corrected chi connectivity index (χ1v) is 11.4. The van der Waals surface area contributed by atoms with Crippen molar-refractivity contribution in [1.82, 2.24) is 0 Å². The Labute approximate surface area is 196 Å². The summed E-state index contributed by atoms with van der Waals surface area (Å²) in [4.78, 5) is 15.3. The van der Waals surface area contributed by atoms with Gasteiger partial charge >= 0.3 is 5.97 Å². The van der Waals surface area contributed by atoms with E-state index >= 15 is 0 Å². The number of carbonyl (C=O) groups is 1. The number of carboxylic acids is 1. The maximum absolute atomic E-state index is 10.8. The van der Waals surface area contributed by atoms with Crippen molar-refractivity contribution in [1.29, 1.82) is 0 Å². The Bertz CT molecular complexity index is 978. The molecule has 0 spiro atoms. The monoisotopic (exact) mass is 447 g/mol. The summed E-state index contributed by atoms with van der Waals surface area (Å²) in [6.45, 7) is 2.25. The molecule has 0 radical (unpaired) electrons. The van der Waals surface area contributed by atoms with Gasteiger partial charge in [-0.3, -0.25) is 4.99 Å². The van der Waals surface area contributed by atoms with E-state index in [1.54, 1.807) is 36.5 Å². The lowest BCUT2D eigenvalue weighted by Gasteiger charge is -2.03. The fourth-order valence-corrected chi connectivity index (χ4v) is 3.21. The molecular weight excluding hydrogens is 414 g/mol. The van der Waals surface area contributed by atoms with E-state index in [9.17, 15) is 4.79 Å². The molecule has 0 fully saturated rings. The maximum atomic E-state index is 10.8. The fourth-order valence-electron chi connectivity index (χ4n) is 3.21. The molecule has 3 aromatic rings. The van der Waals surface area contributed by atoms with Crippen LogP contribution in [0.1, 0.15) is 66.9 Å². The SMILES string of the molecule is CCCCCCCCc1ccc(N=Cc2ccc(C(=O)O)cc2)cc1.Oc1cccc(O)c1. The number of benzene rings is 3. The molecule has 0 heterocycles. The van der Waals surface area contributed by atoms with E-state index in [0.29, 0.717) is 0 Å². The van der Waals surface area contributed by atoms with E-state index in [0.717, 1.165) is 17.7 Å². The topological polar surface area (TPSA) is 90.1 Å². The van der Waals surface area contributed by atoms with Gasteiger partial charge in [0.2, 0.25) is 0 Å². The third-order valence-electron chi connectivity index (χ3n) is 5.11. The number of carboxylic acid groups (broad SMARTS) is 1. The first-order chi connectivity index (χ1) is 16.0. The smallest absolute Gasteiger partial charge is 0.335 e. The molecule has 0 amide bonds. The molecule has 0 unspecified atom stereocenters. The predicted octanol–water partition coefficient (Wildman–Crippen LogP) is 7.14. The Balaban J connectivity index is 0.000000405. The molecule has 0 atom stereocenters. The van der Waals surface area contributed by atoms with E-state index in [-0.39, 0.29) is 17.1 Å². The number of rotatable bonds is 10. The number of phenols is 2. The highest BCUT2D eigenvalue weighted by Crippen LogP contribution is 2.16. The number of unbranched alkanes of at least 4 members (excludes halogenated alkanes) is 5. The number of aromatic hydroxyl groups is 2. The molecule has 0 bridgehead atoms. The molecule has 33 heavy (non-hydrogen) atoms. The lowest BCUT2D eigenvalue weighted by molar-refractivity contribution is 0.0697. The number of hydrogen-bond acceptors (Lipinski definition) is 4. The van der Waals surface area contributed by atoms with Gasteiger partial charge in [0, 0.05) is 12.3 Å². The first kappa shape index (κ1) is 25.7. The maximum Gasteiger partial charge on any atom is 0.335 e. The van der Waals surface area contributed by atoms with E-state index in [1.165, 1.54) is 62.3 Å². The second-order valence-corrected chi connectivity index (χ2v) is 7.89. The van der Waals surface area contributed by atoms with Gasteiger partial charge in [-0.25, -0.2) is 4.79 Å². The number of aliphatic imine (C=N–C) groups is 1. The number of phenolic OH excluding ortho intramolecular Hbond substituents is 2. The van der Waals surface area contributed by atoms with Crippen molar-refractivity contribution in [2.45, 2.75) is 51.9 Å². The van der Waals surface area contributed by atoms with Crippen molar-refractivity contribution in [2.24, 2.45) is 4.99 Å². The Morgan fingerprint density at radius 3 is 1.97 bits per heavy atom. The number of hydrogen-bond donors (Lipinski definition) is 3. The third-order valence-corrected chi connectivity index (χ3v) is 5.11. The van der Waals surface area contributed by atoms with Gasteiger partial charge in [-0.2, -0.15) is 0 Å². The van der Waals surface area contributed by atoms with Crippen LogP contribution in [0.3, 0.4) is 0 Å². The number of nitrogens with zero attached hydrogens (tertiary/aromatic N) is 1. The summed E-state index contributed by atoms with van der Waals surface area (Å²) in [5.41, 5.74) is 3.45. The number of aryl methyl sites for hydroxylation is 1. The summed E-state index contributed by atoms with van der Waals surface area (Å²) in [5, 5.41) is 26.2. The largest absolute Gasteiger partial charge is 0.508 e. The van der Waals surface area contributed by atoms with Crippen LogP contribution in [0, 0.1) is 0 Å². The fraction of sp³-hybridized carbons (Fsp3) is 0.286. The van der Waals surface area contributed by atoms with Crippen LogP contribution >= 0.6 is 0 Å². The normalized spacial score (nSPS) is 10.6. The highest BCUT2D eigenvalue weighted by molar-refractivity contribution is 5.89. The Morgan fingerprint density at radius 1 is 0.818 bits per heavy atom. The van der Waals surface area contributed by atoms with Crippen molar-refractivity contribution < 1.29 is 20.1 Å². The molecule has 3 aromatic carbocycles. The van der Waals surface area contributed by atoms with Gasteiger partial charge in [-0.15, -0.1) is 0 Å². The van der Waals surface area contributed by atoms with Gasteiger partial charge in [0.15, 0.2) is 0 Å². The molecule has 5 heteroatoms. The molecule has 3 N–H and O–H groups in total. The van der Waals surface area contributed by atoms with E-state index in [1.807, 2.05) is 12.1 Å². The van der Waals surface area contributed by atoms with Crippen molar-refractivity contribution in [2.75, 3.05) is 0 Å². The highest BCUT2D eigenvalue weighted by Gasteiger charge is 2.00. The van der Waals surface area contributed by atoms with Crippen LogP contribution in [0.4, 0.5) is 5.69 Å². The van der Waals surface area contributed by atoms with E-state index in [2.05, 4.69) is 24.0 Å². The van der Waals surface area contributed by atoms with E-state index < -0.39 is 5.97 Å². The lowest BCUT2D eigenvalue weighted by atomic mass is 10.0. The summed E-state index contributed by atoms with van der Waals surface area (Å²) in [6, 6.07) is 20.9. The van der Waals surface area contributed by atoms with Gasteiger partial charge < -0.3 is 15.3 Å². The van der Waals surface area contributed by atoms with Crippen LogP contribution in [0.25, 0.3) is 0 Å². The van der Waals surface area contributed by atoms with Gasteiger partial charge in [-0.05, 0) is 60.4 Å². The van der Waals surface area contributed by atoms with Gasteiger partial charge in [0.05, 0.1) is 11.3 Å². The molecule has 0 saturated carbocycles. The molecule has 0 saturated heterocycles. The molecule has 0 aliphatic carbocycles. The second kappa shape index (κ2) is 14.5. The molecule has 5 nitrogen and oxygen atoms in total. The van der Waals surface area contributed by atoms with Crippen LogP contribution < -0.4 is 0 Å². The Kier molecular flexibility index (Phi) is 11.2. The van der Waals surface area contributed by atoms with Gasteiger partial charge in [0.25, 0.3) is 0 Å².